The fraction of sp³-hybridized carbons (Fsp3) is 0. The Morgan fingerprint density at radius 2 is 2.36 bits per heavy atom. The lowest BCUT2D eigenvalue weighted by atomic mass is 10.4. The fourth-order valence-corrected chi connectivity index (χ4v) is 0.715. The first-order valence-corrected chi connectivity index (χ1v) is 3.04. The molecule has 0 N–H and O–H groups in total. The highest BCUT2D eigenvalue weighted by molar-refractivity contribution is 5.44. The van der Waals surface area contributed by atoms with E-state index >= 15 is 0 Å². The number of rotatable bonds is 1. The van der Waals surface area contributed by atoms with Gasteiger partial charge in [0.05, 0.1) is 6.20 Å². The summed E-state index contributed by atoms with van der Waals surface area (Å²) in [5, 5.41) is 0. The van der Waals surface area contributed by atoms with Crippen molar-refractivity contribution in [1.82, 2.24) is 15.0 Å². The van der Waals surface area contributed by atoms with E-state index in [0.29, 0.717) is 11.5 Å². The van der Waals surface area contributed by atoms with E-state index < -0.39 is 0 Å². The van der Waals surface area contributed by atoms with Crippen LogP contribution in [0.15, 0.2) is 29.3 Å². The predicted octanol–water partition coefficient (Wildman–Crippen LogP) is 0.932. The van der Waals surface area contributed by atoms with Crippen LogP contribution in [0.2, 0.25) is 0 Å². The van der Waals surface area contributed by atoms with Crippen molar-refractivity contribution in [1.29, 1.82) is 0 Å². The lowest BCUT2D eigenvalue weighted by molar-refractivity contribution is 0.558. The third kappa shape index (κ3) is 1.10. The second kappa shape index (κ2) is 2.49. The second-order valence-electron chi connectivity index (χ2n) is 1.88. The molecule has 0 saturated heterocycles. The van der Waals surface area contributed by atoms with Gasteiger partial charge in [0.15, 0.2) is 12.2 Å². The van der Waals surface area contributed by atoms with Crippen molar-refractivity contribution in [3.05, 3.63) is 31.1 Å². The van der Waals surface area contributed by atoms with Crippen molar-refractivity contribution < 1.29 is 4.42 Å². The van der Waals surface area contributed by atoms with Gasteiger partial charge in [-0.3, -0.25) is 0 Å². The molecule has 2 heterocycles. The summed E-state index contributed by atoms with van der Waals surface area (Å²) in [7, 11) is 0. The first kappa shape index (κ1) is 6.03. The van der Waals surface area contributed by atoms with E-state index in [4.69, 9.17) is 4.42 Å². The van der Waals surface area contributed by atoms with Gasteiger partial charge >= 0.3 is 0 Å². The van der Waals surface area contributed by atoms with Crippen molar-refractivity contribution in [2.45, 2.75) is 0 Å². The van der Waals surface area contributed by atoms with Crippen LogP contribution in [0.5, 0.6) is 0 Å². The van der Waals surface area contributed by atoms with Crippen LogP contribution in [-0.4, -0.2) is 15.0 Å². The molecule has 0 aliphatic heterocycles. The Morgan fingerprint density at radius 3 is 3.00 bits per heavy atom. The van der Waals surface area contributed by atoms with Gasteiger partial charge in [0, 0.05) is 6.20 Å². The van der Waals surface area contributed by atoms with Crippen LogP contribution in [0.4, 0.5) is 0 Å². The zero-order valence-electron chi connectivity index (χ0n) is 5.56. The monoisotopic (exact) mass is 146 g/mol. The summed E-state index contributed by atoms with van der Waals surface area (Å²) in [6.07, 6.45) is 7.09. The second-order valence-corrected chi connectivity index (χ2v) is 1.88. The maximum atomic E-state index is 4.76. The minimum Gasteiger partial charge on any atom is -0.451 e. The van der Waals surface area contributed by atoms with Crippen LogP contribution >= 0.6 is 0 Å². The summed E-state index contributed by atoms with van der Waals surface area (Å²) < 4.78 is 4.76. The Labute approximate surface area is 62.9 Å². The number of hydrogen-bond donors (Lipinski definition) is 0. The van der Waals surface area contributed by atoms with Crippen molar-refractivity contribution >= 4 is 0 Å². The molecule has 0 bridgehead atoms. The summed E-state index contributed by atoms with van der Waals surface area (Å²) in [5.41, 5.74) is 0.627. The molecule has 0 spiro atoms. The van der Waals surface area contributed by atoms with Crippen LogP contribution in [-0.2, 0) is 0 Å². The van der Waals surface area contributed by atoms with Crippen LogP contribution < -0.4 is 0 Å². The van der Waals surface area contributed by atoms with E-state index in [0.717, 1.165) is 0 Å². The third-order valence-electron chi connectivity index (χ3n) is 1.18. The Hall–Kier alpha value is -1.71. The molecule has 53 valence electrons. The van der Waals surface area contributed by atoms with E-state index in [-0.39, 0.29) is 0 Å². The van der Waals surface area contributed by atoms with E-state index in [1.165, 1.54) is 12.7 Å². The Balaban J connectivity index is 2.46. The molecule has 2 rings (SSSR count). The van der Waals surface area contributed by atoms with Crippen LogP contribution in [0.3, 0.4) is 0 Å². The maximum absolute atomic E-state index is 4.76. The van der Waals surface area contributed by atoms with Crippen molar-refractivity contribution in [2.24, 2.45) is 0 Å². The van der Waals surface area contributed by atoms with Crippen LogP contribution in [0, 0.1) is 6.20 Å². The highest BCUT2D eigenvalue weighted by Crippen LogP contribution is 2.08. The normalized spacial score (nSPS) is 9.82. The minimum absolute atomic E-state index is 0.529. The molecule has 0 aromatic carbocycles. The van der Waals surface area contributed by atoms with Gasteiger partial charge in [0.1, 0.15) is 12.0 Å². The Morgan fingerprint density at radius 1 is 1.36 bits per heavy atom. The van der Waals surface area contributed by atoms with Crippen molar-refractivity contribution in [2.75, 3.05) is 0 Å². The number of aromatic nitrogens is 3. The number of nitrogens with zero attached hydrogens (tertiary/aromatic N) is 3. The summed E-state index contributed by atoms with van der Waals surface area (Å²) >= 11 is 0. The minimum atomic E-state index is 0.529. The van der Waals surface area contributed by atoms with Crippen molar-refractivity contribution in [3.8, 4) is 11.5 Å². The van der Waals surface area contributed by atoms with E-state index in [9.17, 15) is 0 Å². The fourth-order valence-electron chi connectivity index (χ4n) is 0.715. The number of oxazole rings is 1. The van der Waals surface area contributed by atoms with Crippen molar-refractivity contribution in [3.63, 3.8) is 0 Å². The van der Waals surface area contributed by atoms with Gasteiger partial charge in [-0.2, -0.15) is 0 Å². The maximum Gasteiger partial charge on any atom is 0.182 e. The summed E-state index contributed by atoms with van der Waals surface area (Å²) in [4.78, 5) is 11.7. The Kier molecular flexibility index (Phi) is 1.37. The average molecular weight is 146 g/mol. The highest BCUT2D eigenvalue weighted by Gasteiger charge is 2.00. The Bertz CT molecular complexity index is 317. The first-order valence-electron chi connectivity index (χ1n) is 3.04. The van der Waals surface area contributed by atoms with Gasteiger partial charge in [-0.15, -0.1) is 0 Å². The van der Waals surface area contributed by atoms with Gasteiger partial charge in [0.25, 0.3) is 0 Å². The lowest BCUT2D eigenvalue weighted by Gasteiger charge is -1.88. The molecular formula is C7H4N3O. The molecule has 2 aromatic rings. The lowest BCUT2D eigenvalue weighted by Crippen LogP contribution is -1.85. The van der Waals surface area contributed by atoms with E-state index in [1.54, 1.807) is 12.3 Å². The summed E-state index contributed by atoms with van der Waals surface area (Å²) in [6.45, 7) is 0. The van der Waals surface area contributed by atoms with Gasteiger partial charge in [-0.1, -0.05) is 0 Å². The molecule has 11 heavy (non-hydrogen) atoms. The van der Waals surface area contributed by atoms with Gasteiger partial charge in [-0.05, 0) is 6.07 Å². The van der Waals surface area contributed by atoms with Crippen LogP contribution in [0.1, 0.15) is 0 Å². The molecule has 2 aromatic heterocycles. The SMILES string of the molecule is [c]1ccnc(-c2cocn2)n1. The molecule has 0 aliphatic carbocycles. The smallest absolute Gasteiger partial charge is 0.182 e. The van der Waals surface area contributed by atoms with E-state index in [1.807, 2.05) is 0 Å². The van der Waals surface area contributed by atoms with Gasteiger partial charge in [0.2, 0.25) is 0 Å². The first-order chi connectivity index (χ1) is 5.47. The predicted molar refractivity (Wildman–Crippen MR) is 36.4 cm³/mol. The molecule has 0 fully saturated rings. The molecule has 4 heteroatoms. The summed E-state index contributed by atoms with van der Waals surface area (Å²) in [6, 6.07) is 1.63. The average Bonchev–Trinajstić information content (AvgIpc) is 2.58. The van der Waals surface area contributed by atoms with Gasteiger partial charge < -0.3 is 4.42 Å². The molecular weight excluding hydrogens is 142 g/mol. The van der Waals surface area contributed by atoms with Crippen LogP contribution in [0.25, 0.3) is 11.5 Å². The highest BCUT2D eigenvalue weighted by atomic mass is 16.3. The number of hydrogen-bond acceptors (Lipinski definition) is 4. The standard InChI is InChI=1S/C7H4N3O/c1-2-8-7(9-3-1)6-4-11-5-10-6/h1-2,4-5H. The molecule has 0 unspecified atom stereocenters. The molecule has 1 radical (unpaired) electrons. The summed E-state index contributed by atoms with van der Waals surface area (Å²) in [5.74, 6) is 0.529. The zero-order valence-corrected chi connectivity index (χ0v) is 5.56. The molecule has 0 aliphatic rings. The third-order valence-corrected chi connectivity index (χ3v) is 1.18. The zero-order chi connectivity index (χ0) is 7.52. The topological polar surface area (TPSA) is 51.8 Å². The largest absolute Gasteiger partial charge is 0.451 e. The molecule has 0 saturated carbocycles. The molecule has 4 nitrogen and oxygen atoms in total. The molecule has 0 amide bonds. The molecule has 0 atom stereocenters. The quantitative estimate of drug-likeness (QED) is 0.600. The van der Waals surface area contributed by atoms with Gasteiger partial charge in [-0.25, -0.2) is 15.0 Å². The van der Waals surface area contributed by atoms with E-state index in [2.05, 4.69) is 21.1 Å².